The molecule has 0 aliphatic carbocycles. The topological polar surface area (TPSA) is 187 Å². The van der Waals surface area contributed by atoms with E-state index in [-0.39, 0.29) is 17.9 Å². The first-order valence-corrected chi connectivity index (χ1v) is 16.9. The van der Waals surface area contributed by atoms with Crippen molar-refractivity contribution in [1.82, 2.24) is 5.32 Å². The van der Waals surface area contributed by atoms with Crippen molar-refractivity contribution < 1.29 is 48.2 Å². The minimum Gasteiger partial charge on any atom is -0.495 e. The van der Waals surface area contributed by atoms with Crippen molar-refractivity contribution in [2.24, 2.45) is 5.92 Å². The molecule has 0 spiro atoms. The molecule has 2 saturated heterocycles. The number of allylic oxidation sites excluding steroid dienone is 3. The summed E-state index contributed by atoms with van der Waals surface area (Å²) in [4.78, 5) is 28.9. The zero-order valence-electron chi connectivity index (χ0n) is 29.8. The highest BCUT2D eigenvalue weighted by Crippen LogP contribution is 2.49. The SMILES string of the molecule is COc1cc(N)ccc1NC(=O)O[C@H]1CC(=O)N(C)c2cc(cc(OC)c2Cl)C/C(C)=C/C=C/[C@@H](OC)[C@@]2(O)C[C@H](OC(O)N2)[C@@H](C)[C@@H]2O[C@@]12C. The number of epoxide rings is 1. The lowest BCUT2D eigenvalue weighted by atomic mass is 9.83. The second kappa shape index (κ2) is 15.4. The van der Waals surface area contributed by atoms with Crippen molar-refractivity contribution in [1.29, 1.82) is 0 Å². The number of hydrogen-bond acceptors (Lipinski definition) is 12. The van der Waals surface area contributed by atoms with Crippen LogP contribution in [0.1, 0.15) is 39.2 Å². The van der Waals surface area contributed by atoms with E-state index in [1.165, 1.54) is 26.2 Å². The van der Waals surface area contributed by atoms with Crippen LogP contribution in [0, 0.1) is 5.92 Å². The minimum absolute atomic E-state index is 0.0153. The Hall–Kier alpha value is -3.89. The number of amides is 2. The van der Waals surface area contributed by atoms with Crippen molar-refractivity contribution in [3.8, 4) is 11.5 Å². The van der Waals surface area contributed by atoms with Crippen LogP contribution in [0.2, 0.25) is 5.02 Å². The predicted octanol–water partition coefficient (Wildman–Crippen LogP) is 4.12. The van der Waals surface area contributed by atoms with Crippen LogP contribution in [0.5, 0.6) is 11.5 Å². The Morgan fingerprint density at radius 3 is 2.59 bits per heavy atom. The van der Waals surface area contributed by atoms with Crippen LogP contribution >= 0.6 is 11.6 Å². The number of benzene rings is 2. The van der Waals surface area contributed by atoms with Crippen LogP contribution in [0.4, 0.5) is 21.9 Å². The molecule has 14 nitrogen and oxygen atoms in total. The number of hydrogen-bond donors (Lipinski definition) is 5. The number of carbonyl (C=O) groups is 2. The summed E-state index contributed by atoms with van der Waals surface area (Å²) in [6.45, 7) is 5.52. The molecular weight excluding hydrogens is 684 g/mol. The number of aliphatic hydroxyl groups excluding tert-OH is 1. The van der Waals surface area contributed by atoms with Crippen molar-refractivity contribution in [2.75, 3.05) is 44.3 Å². The molecule has 3 aliphatic heterocycles. The summed E-state index contributed by atoms with van der Waals surface area (Å²) in [6.07, 6.45) is -0.165. The first kappa shape index (κ1) is 38.3. The number of anilines is 3. The Bertz CT molecular complexity index is 1690. The summed E-state index contributed by atoms with van der Waals surface area (Å²) in [6, 6.07) is 8.33. The number of carbonyl (C=O) groups excluding carboxylic acids is 2. The molecule has 15 heteroatoms. The van der Waals surface area contributed by atoms with Gasteiger partial charge in [-0.05, 0) is 50.1 Å². The number of nitrogens with two attached hydrogens (primary N) is 1. The molecule has 51 heavy (non-hydrogen) atoms. The molecule has 0 aromatic heterocycles. The monoisotopic (exact) mass is 730 g/mol. The molecule has 0 saturated carbocycles. The second-order valence-electron chi connectivity index (χ2n) is 13.4. The van der Waals surface area contributed by atoms with Gasteiger partial charge in [0.25, 0.3) is 0 Å². The number of nitrogens with zero attached hydrogens (tertiary/aromatic N) is 1. The van der Waals surface area contributed by atoms with Gasteiger partial charge in [-0.1, -0.05) is 42.3 Å². The predicted molar refractivity (Wildman–Crippen MR) is 191 cm³/mol. The number of halogens is 1. The van der Waals surface area contributed by atoms with Gasteiger partial charge in [0, 0.05) is 38.2 Å². The van der Waals surface area contributed by atoms with Gasteiger partial charge in [0.15, 0.2) is 5.72 Å². The number of rotatable bonds is 5. The normalized spacial score (nSPS) is 32.9. The standard InChI is InChI=1S/C36H47ClN4O10/c1-19-9-8-10-28(48-7)36(45)18-27(49-34(44)40-36)20(2)32-35(3,51-32)29(50-33(43)39-23-12-11-22(38)16-25(23)46-5)17-30(42)41(4)24-14-21(13-19)15-26(47-6)31(24)37/h8-12,14-16,20,27-29,32,34,40,44-45H,13,17-18,38H2,1-7H3,(H,39,43)/b10-8+,19-9+/t20-,27+,28-,29+,32+,34?,35+,36+/m1/s1. The number of nitrogen functional groups attached to an aromatic ring is 1. The quantitative estimate of drug-likeness (QED) is 0.219. The summed E-state index contributed by atoms with van der Waals surface area (Å²) in [5, 5.41) is 28.1. The molecule has 2 amide bonds. The number of methoxy groups -OCH3 is 3. The van der Waals surface area contributed by atoms with Gasteiger partial charge < -0.3 is 49.3 Å². The number of fused-ring (bicyclic) bond motifs is 5. The molecule has 3 aliphatic rings. The Labute approximate surface area is 302 Å². The van der Waals surface area contributed by atoms with E-state index in [1.807, 2.05) is 19.9 Å². The van der Waals surface area contributed by atoms with E-state index >= 15 is 0 Å². The molecule has 2 aromatic rings. The van der Waals surface area contributed by atoms with E-state index in [4.69, 9.17) is 45.8 Å². The van der Waals surface area contributed by atoms with Crippen LogP contribution in [0.15, 0.2) is 54.1 Å². The zero-order chi connectivity index (χ0) is 37.2. The first-order chi connectivity index (χ1) is 24.1. The largest absolute Gasteiger partial charge is 0.495 e. The summed E-state index contributed by atoms with van der Waals surface area (Å²) < 4.78 is 34.7. The molecule has 6 N–H and O–H groups in total. The third kappa shape index (κ3) is 8.28. The molecule has 278 valence electrons. The van der Waals surface area contributed by atoms with Crippen LogP contribution in [-0.2, 0) is 30.2 Å². The average molecular weight is 731 g/mol. The summed E-state index contributed by atoms with van der Waals surface area (Å²) >= 11 is 6.75. The number of aliphatic hydroxyl groups is 2. The maximum atomic E-state index is 14.1. The lowest BCUT2D eigenvalue weighted by Gasteiger charge is -2.44. The molecule has 1 unspecified atom stereocenters. The van der Waals surface area contributed by atoms with Gasteiger partial charge in [-0.3, -0.25) is 10.1 Å². The Morgan fingerprint density at radius 2 is 1.90 bits per heavy atom. The molecule has 4 bridgehead atoms. The second-order valence-corrected chi connectivity index (χ2v) is 13.8. The van der Waals surface area contributed by atoms with Crippen molar-refractivity contribution in [2.45, 2.75) is 82.2 Å². The van der Waals surface area contributed by atoms with Gasteiger partial charge in [-0.2, -0.15) is 0 Å². The maximum absolute atomic E-state index is 14.1. The van der Waals surface area contributed by atoms with E-state index < -0.39 is 60.1 Å². The molecular formula is C36H47ClN4O10. The van der Waals surface area contributed by atoms with Gasteiger partial charge in [-0.15, -0.1) is 0 Å². The van der Waals surface area contributed by atoms with Crippen LogP contribution < -0.4 is 30.7 Å². The zero-order valence-corrected chi connectivity index (χ0v) is 30.5. The fourth-order valence-electron chi connectivity index (χ4n) is 6.80. The highest BCUT2D eigenvalue weighted by Gasteiger charge is 2.64. The van der Waals surface area contributed by atoms with Gasteiger partial charge in [0.1, 0.15) is 34.3 Å². The summed E-state index contributed by atoms with van der Waals surface area (Å²) in [7, 11) is 5.99. The molecule has 0 radical (unpaired) electrons. The number of nitrogens with one attached hydrogen (secondary N) is 2. The highest BCUT2D eigenvalue weighted by molar-refractivity contribution is 6.35. The average Bonchev–Trinajstić information content (AvgIpc) is 3.78. The van der Waals surface area contributed by atoms with Crippen molar-refractivity contribution in [3.05, 3.63) is 64.7 Å². The smallest absolute Gasteiger partial charge is 0.412 e. The van der Waals surface area contributed by atoms with Crippen LogP contribution in [0.3, 0.4) is 0 Å². The molecule has 8 atom stereocenters. The summed E-state index contributed by atoms with van der Waals surface area (Å²) in [5.41, 5.74) is 5.90. The van der Waals surface area contributed by atoms with Crippen LogP contribution in [-0.4, -0.2) is 92.7 Å². The van der Waals surface area contributed by atoms with E-state index in [1.54, 1.807) is 56.5 Å². The first-order valence-electron chi connectivity index (χ1n) is 16.5. The maximum Gasteiger partial charge on any atom is 0.412 e. The molecule has 5 rings (SSSR count). The summed E-state index contributed by atoms with van der Waals surface area (Å²) in [5.74, 6) is -0.178. The lowest BCUT2D eigenvalue weighted by molar-refractivity contribution is -0.270. The van der Waals surface area contributed by atoms with E-state index in [2.05, 4.69) is 10.6 Å². The van der Waals surface area contributed by atoms with Crippen LogP contribution in [0.25, 0.3) is 0 Å². The molecule has 3 heterocycles. The van der Waals surface area contributed by atoms with Gasteiger partial charge >= 0.3 is 6.09 Å². The fraction of sp³-hybridized carbons (Fsp3) is 0.500. The molecule has 2 fully saturated rings. The van der Waals surface area contributed by atoms with Gasteiger partial charge in [-0.25, -0.2) is 10.1 Å². The van der Waals surface area contributed by atoms with Gasteiger partial charge in [0.2, 0.25) is 12.3 Å². The molecule has 2 aromatic carbocycles. The minimum atomic E-state index is -1.72. The van der Waals surface area contributed by atoms with Crippen molar-refractivity contribution in [3.63, 3.8) is 0 Å². The Balaban J connectivity index is 1.54. The highest BCUT2D eigenvalue weighted by atomic mass is 35.5. The van der Waals surface area contributed by atoms with E-state index in [9.17, 15) is 19.8 Å². The van der Waals surface area contributed by atoms with E-state index in [0.29, 0.717) is 35.0 Å². The van der Waals surface area contributed by atoms with Crippen molar-refractivity contribution >= 4 is 40.7 Å². The Kier molecular flexibility index (Phi) is 11.6. The van der Waals surface area contributed by atoms with Gasteiger partial charge in [0.05, 0.1) is 44.2 Å². The fourth-order valence-corrected chi connectivity index (χ4v) is 7.11. The Morgan fingerprint density at radius 1 is 1.18 bits per heavy atom. The third-order valence-electron chi connectivity index (χ3n) is 9.76. The third-order valence-corrected chi connectivity index (χ3v) is 10.1. The van der Waals surface area contributed by atoms with E-state index in [0.717, 1.165) is 11.1 Å². The number of ether oxygens (including phenoxy) is 6. The lowest BCUT2D eigenvalue weighted by Crippen LogP contribution is -2.65.